The summed E-state index contributed by atoms with van der Waals surface area (Å²) < 4.78 is 0. The summed E-state index contributed by atoms with van der Waals surface area (Å²) in [6.07, 6.45) is 3.80. The van der Waals surface area contributed by atoms with E-state index in [1.165, 1.54) is 33.4 Å². The molecular formula is C55H50N2O2. The maximum absolute atomic E-state index is 13.0. The molecule has 0 saturated carbocycles. The number of hydrogen-bond acceptors (Lipinski definition) is 4. The average molecular weight is 771 g/mol. The first-order valence-corrected chi connectivity index (χ1v) is 20.7. The van der Waals surface area contributed by atoms with Crippen molar-refractivity contribution in [1.82, 2.24) is 9.80 Å². The number of nitrogens with zero attached hydrogens (tertiary/aromatic N) is 2. The van der Waals surface area contributed by atoms with Crippen LogP contribution in [0.2, 0.25) is 0 Å². The van der Waals surface area contributed by atoms with Gasteiger partial charge in [-0.25, -0.2) is 0 Å². The summed E-state index contributed by atoms with van der Waals surface area (Å²) in [4.78, 5) is 29.9. The largest absolute Gasteiger partial charge is 0.300 e. The molecule has 4 heteroatoms. The minimum absolute atomic E-state index is 0.234. The molecule has 0 unspecified atom stereocenters. The minimum atomic E-state index is -0.500. The normalized spacial score (nSPS) is 16.0. The van der Waals surface area contributed by atoms with E-state index in [9.17, 15) is 9.59 Å². The lowest BCUT2D eigenvalue weighted by molar-refractivity contribution is -0.122. The maximum Gasteiger partial charge on any atom is 0.161 e. The molecular weight excluding hydrogens is 721 g/mol. The smallest absolute Gasteiger partial charge is 0.161 e. The van der Waals surface area contributed by atoms with E-state index >= 15 is 0 Å². The van der Waals surface area contributed by atoms with Gasteiger partial charge in [-0.1, -0.05) is 212 Å². The van der Waals surface area contributed by atoms with Crippen LogP contribution in [-0.4, -0.2) is 47.5 Å². The zero-order valence-electron chi connectivity index (χ0n) is 33.4. The van der Waals surface area contributed by atoms with Crippen LogP contribution in [-0.2, 0) is 20.7 Å². The third kappa shape index (κ3) is 8.16. The Kier molecular flexibility index (Phi) is 12.3. The molecule has 0 aliphatic carbocycles. The van der Waals surface area contributed by atoms with Crippen LogP contribution in [0.15, 0.2) is 218 Å². The van der Waals surface area contributed by atoms with Crippen molar-refractivity contribution in [3.63, 3.8) is 0 Å². The molecule has 4 nitrogen and oxygen atoms in total. The van der Waals surface area contributed by atoms with E-state index in [1.54, 1.807) is 0 Å². The molecule has 2 aliphatic rings. The number of hydrogen-bond donors (Lipinski definition) is 0. The molecule has 59 heavy (non-hydrogen) atoms. The summed E-state index contributed by atoms with van der Waals surface area (Å²) in [6, 6.07) is 74.2. The number of carbonyl (C=O) groups excluding carboxylic acids is 2. The molecule has 9 rings (SSSR count). The van der Waals surface area contributed by atoms with Crippen LogP contribution >= 0.6 is 0 Å². The summed E-state index contributed by atoms with van der Waals surface area (Å²) in [6.45, 7) is 2.84. The molecule has 2 fully saturated rings. The van der Waals surface area contributed by atoms with Crippen molar-refractivity contribution in [3.05, 3.63) is 257 Å². The van der Waals surface area contributed by atoms with E-state index in [2.05, 4.69) is 210 Å². The zero-order chi connectivity index (χ0) is 40.3. The highest BCUT2D eigenvalue weighted by atomic mass is 16.1. The van der Waals surface area contributed by atoms with Gasteiger partial charge in [-0.15, -0.1) is 0 Å². The molecule has 7 aromatic rings. The van der Waals surface area contributed by atoms with Gasteiger partial charge in [0.15, 0.2) is 5.78 Å². The second kappa shape index (κ2) is 18.4. The number of benzene rings is 7. The number of likely N-dealkylation sites (tertiary alicyclic amines) is 2. The van der Waals surface area contributed by atoms with Crippen LogP contribution < -0.4 is 0 Å². The van der Waals surface area contributed by atoms with Gasteiger partial charge in [0.1, 0.15) is 5.78 Å². The SMILES string of the molecule is O=C1CCN(C(c2ccccc2)(c2ccccc2)c2ccccc2)C/C1=C\c1ccccc1.O=C1CCN(C(c2ccccc2)(c2ccccc2)c2ccccc2)CC1. The average Bonchev–Trinajstić information content (AvgIpc) is 3.31. The van der Waals surface area contributed by atoms with Crippen molar-refractivity contribution < 1.29 is 9.59 Å². The van der Waals surface area contributed by atoms with Gasteiger partial charge in [0.2, 0.25) is 0 Å². The van der Waals surface area contributed by atoms with Crippen LogP contribution in [0.4, 0.5) is 0 Å². The Morgan fingerprint density at radius 1 is 0.356 bits per heavy atom. The Morgan fingerprint density at radius 2 is 0.644 bits per heavy atom. The fraction of sp³-hybridized carbons (Fsp3) is 0.164. The molecule has 7 aromatic carbocycles. The Bertz CT molecular complexity index is 2230. The third-order valence-corrected chi connectivity index (χ3v) is 11.9. The molecule has 292 valence electrons. The number of rotatable bonds is 9. The van der Waals surface area contributed by atoms with Gasteiger partial charge >= 0.3 is 0 Å². The quantitative estimate of drug-likeness (QED) is 0.108. The summed E-state index contributed by atoms with van der Waals surface area (Å²) in [7, 11) is 0. The number of piperidine rings is 2. The van der Waals surface area contributed by atoms with Gasteiger partial charge in [-0.3, -0.25) is 19.4 Å². The molecule has 0 bridgehead atoms. The van der Waals surface area contributed by atoms with Gasteiger partial charge in [0.05, 0.1) is 11.1 Å². The lowest BCUT2D eigenvalue weighted by atomic mass is 9.74. The number of ketones is 2. The van der Waals surface area contributed by atoms with Gasteiger partial charge in [-0.2, -0.15) is 0 Å². The zero-order valence-corrected chi connectivity index (χ0v) is 33.4. The van der Waals surface area contributed by atoms with Crippen molar-refractivity contribution in [3.8, 4) is 0 Å². The van der Waals surface area contributed by atoms with Crippen LogP contribution in [0.3, 0.4) is 0 Å². The highest BCUT2D eigenvalue weighted by molar-refractivity contribution is 6.00. The predicted octanol–water partition coefficient (Wildman–Crippen LogP) is 11.0. The Balaban J connectivity index is 0.000000169. The van der Waals surface area contributed by atoms with Crippen molar-refractivity contribution in [2.45, 2.75) is 30.3 Å². The van der Waals surface area contributed by atoms with Gasteiger partial charge < -0.3 is 0 Å². The second-order valence-corrected chi connectivity index (χ2v) is 15.3. The summed E-state index contributed by atoms with van der Waals surface area (Å²) in [5.74, 6) is 0.600. The van der Waals surface area contributed by atoms with Crippen LogP contribution in [0, 0.1) is 0 Å². The molecule has 0 radical (unpaired) electrons. The molecule has 2 heterocycles. The van der Waals surface area contributed by atoms with E-state index in [0.29, 0.717) is 38.1 Å². The molecule has 0 aromatic heterocycles. The van der Waals surface area contributed by atoms with Crippen LogP contribution in [0.25, 0.3) is 6.08 Å². The highest BCUT2D eigenvalue weighted by Crippen LogP contribution is 2.45. The molecule has 0 amide bonds. The summed E-state index contributed by atoms with van der Waals surface area (Å²) in [5, 5.41) is 0. The summed E-state index contributed by atoms with van der Waals surface area (Å²) in [5.41, 5.74) is 8.38. The van der Waals surface area contributed by atoms with Gasteiger partial charge in [0.25, 0.3) is 0 Å². The van der Waals surface area contributed by atoms with Crippen molar-refractivity contribution in [2.75, 3.05) is 26.2 Å². The molecule has 0 atom stereocenters. The number of Topliss-reactive ketones (excluding diaryl/α,β-unsaturated/α-hetero) is 2. The van der Waals surface area contributed by atoms with Crippen molar-refractivity contribution in [1.29, 1.82) is 0 Å². The lowest BCUT2D eigenvalue weighted by Gasteiger charge is -2.47. The fourth-order valence-corrected chi connectivity index (χ4v) is 9.20. The van der Waals surface area contributed by atoms with E-state index in [-0.39, 0.29) is 11.3 Å². The van der Waals surface area contributed by atoms with Gasteiger partial charge in [0, 0.05) is 51.0 Å². The molecule has 0 N–H and O–H groups in total. The Hall–Kier alpha value is -6.46. The number of carbonyl (C=O) groups is 2. The van der Waals surface area contributed by atoms with E-state index in [0.717, 1.165) is 24.2 Å². The predicted molar refractivity (Wildman–Crippen MR) is 240 cm³/mol. The van der Waals surface area contributed by atoms with Gasteiger partial charge in [-0.05, 0) is 45.0 Å². The lowest BCUT2D eigenvalue weighted by Crippen LogP contribution is -2.52. The molecule has 2 aliphatic heterocycles. The minimum Gasteiger partial charge on any atom is -0.300 e. The maximum atomic E-state index is 13.0. The van der Waals surface area contributed by atoms with Crippen molar-refractivity contribution in [2.24, 2.45) is 0 Å². The van der Waals surface area contributed by atoms with Crippen molar-refractivity contribution >= 4 is 17.6 Å². The fourth-order valence-electron chi connectivity index (χ4n) is 9.20. The van der Waals surface area contributed by atoms with Crippen LogP contribution in [0.5, 0.6) is 0 Å². The second-order valence-electron chi connectivity index (χ2n) is 15.3. The standard InChI is InChI=1S/C31H27NO.C24H23NO/c33-30-21-22-32(24-26(30)23-25-13-5-1-6-14-25)31(27-15-7-2-8-16-27,28-17-9-3-10-18-28)29-19-11-4-12-20-29;26-23-16-18-25(19-17-23)24(20-10-4-1-5-11-20,21-12-6-2-7-13-21)22-14-8-3-9-15-22/h1-20,23H,21-22,24H2;1-15H,16-19H2/b26-23+;. The van der Waals surface area contributed by atoms with E-state index in [1.807, 2.05) is 18.2 Å². The molecule has 2 saturated heterocycles. The third-order valence-electron chi connectivity index (χ3n) is 11.9. The monoisotopic (exact) mass is 770 g/mol. The Morgan fingerprint density at radius 3 is 0.983 bits per heavy atom. The van der Waals surface area contributed by atoms with Crippen LogP contribution in [0.1, 0.15) is 58.2 Å². The molecule has 0 spiro atoms. The highest BCUT2D eigenvalue weighted by Gasteiger charge is 2.45. The van der Waals surface area contributed by atoms with E-state index in [4.69, 9.17) is 0 Å². The first-order chi connectivity index (χ1) is 29.1. The van der Waals surface area contributed by atoms with E-state index < -0.39 is 5.54 Å². The Labute approximate surface area is 349 Å². The first-order valence-electron chi connectivity index (χ1n) is 20.7. The first kappa shape index (κ1) is 39.4. The topological polar surface area (TPSA) is 40.6 Å². The summed E-state index contributed by atoms with van der Waals surface area (Å²) >= 11 is 0.